The number of para-hydroxylation sites is 1. The van der Waals surface area contributed by atoms with Crippen molar-refractivity contribution < 1.29 is 9.53 Å². The molecule has 0 atom stereocenters. The smallest absolute Gasteiger partial charge is 0.261 e. The van der Waals surface area contributed by atoms with Gasteiger partial charge >= 0.3 is 0 Å². The van der Waals surface area contributed by atoms with E-state index in [0.717, 1.165) is 16.6 Å². The first kappa shape index (κ1) is 22.0. The fourth-order valence-electron chi connectivity index (χ4n) is 3.01. The molecule has 4 nitrogen and oxygen atoms in total. The highest BCUT2D eigenvalue weighted by Gasteiger charge is 2.18. The summed E-state index contributed by atoms with van der Waals surface area (Å²) in [4.78, 5) is 14.9. The van der Waals surface area contributed by atoms with E-state index in [2.05, 4.69) is 33.4 Å². The summed E-state index contributed by atoms with van der Waals surface area (Å²) in [6, 6.07) is 25.2. The van der Waals surface area contributed by atoms with Crippen molar-refractivity contribution >= 4 is 44.9 Å². The van der Waals surface area contributed by atoms with Crippen molar-refractivity contribution in [3.8, 4) is 5.75 Å². The van der Waals surface area contributed by atoms with E-state index in [9.17, 15) is 4.79 Å². The van der Waals surface area contributed by atoms with E-state index in [1.165, 1.54) is 5.56 Å². The minimum Gasteiger partial charge on any atom is -0.492 e. The molecule has 0 saturated heterocycles. The van der Waals surface area contributed by atoms with Crippen molar-refractivity contribution in [3.05, 3.63) is 94.5 Å². The first-order valence-corrected chi connectivity index (χ1v) is 10.9. The van der Waals surface area contributed by atoms with Gasteiger partial charge in [-0.05, 0) is 55.0 Å². The largest absolute Gasteiger partial charge is 0.492 e. The van der Waals surface area contributed by atoms with Gasteiger partial charge in [-0.2, -0.15) is 0 Å². The van der Waals surface area contributed by atoms with E-state index >= 15 is 0 Å². The number of nitrogens with one attached hydrogen (secondary N) is 1. The van der Waals surface area contributed by atoms with Crippen LogP contribution in [-0.2, 0) is 6.42 Å². The van der Waals surface area contributed by atoms with Gasteiger partial charge in [-0.3, -0.25) is 10.1 Å². The second-order valence-corrected chi connectivity index (χ2v) is 7.87. The zero-order chi connectivity index (χ0) is 21.3. The van der Waals surface area contributed by atoms with Crippen LogP contribution in [0.2, 0.25) is 0 Å². The van der Waals surface area contributed by atoms with Gasteiger partial charge in [0.1, 0.15) is 5.75 Å². The standard InChI is InChI=1S/C24H23BrN2O2S/c1-2-27(20-11-7-4-8-12-20)24(30)26-23(28)21-17-19(25)13-14-22(21)29-16-15-18-9-5-3-6-10-18/h3-14,17H,2,15-16H2,1H3,(H,26,28,30). The predicted octanol–water partition coefficient (Wildman–Crippen LogP) is 5.61. The monoisotopic (exact) mass is 482 g/mol. The number of carbonyl (C=O) groups is 1. The minimum absolute atomic E-state index is 0.301. The maximum absolute atomic E-state index is 13.0. The highest BCUT2D eigenvalue weighted by atomic mass is 79.9. The van der Waals surface area contributed by atoms with Gasteiger partial charge in [0.05, 0.1) is 12.2 Å². The molecule has 154 valence electrons. The molecule has 0 unspecified atom stereocenters. The lowest BCUT2D eigenvalue weighted by Crippen LogP contribution is -2.42. The van der Waals surface area contributed by atoms with E-state index in [-0.39, 0.29) is 5.91 Å². The summed E-state index contributed by atoms with van der Waals surface area (Å²) in [5.41, 5.74) is 2.55. The van der Waals surface area contributed by atoms with Crippen LogP contribution in [0.4, 0.5) is 5.69 Å². The van der Waals surface area contributed by atoms with Crippen molar-refractivity contribution in [3.63, 3.8) is 0 Å². The normalized spacial score (nSPS) is 10.3. The molecule has 30 heavy (non-hydrogen) atoms. The lowest BCUT2D eigenvalue weighted by molar-refractivity contribution is 0.0973. The molecule has 3 aromatic carbocycles. The van der Waals surface area contributed by atoms with E-state index in [0.29, 0.717) is 29.6 Å². The topological polar surface area (TPSA) is 41.6 Å². The molecule has 0 aromatic heterocycles. The van der Waals surface area contributed by atoms with Crippen molar-refractivity contribution in [1.82, 2.24) is 5.32 Å². The zero-order valence-electron chi connectivity index (χ0n) is 16.7. The Bertz CT molecular complexity index is 997. The van der Waals surface area contributed by atoms with E-state index in [4.69, 9.17) is 17.0 Å². The van der Waals surface area contributed by atoms with Crippen molar-refractivity contribution in [2.24, 2.45) is 0 Å². The zero-order valence-corrected chi connectivity index (χ0v) is 19.1. The lowest BCUT2D eigenvalue weighted by atomic mass is 10.1. The van der Waals surface area contributed by atoms with Crippen LogP contribution in [0.25, 0.3) is 0 Å². The molecule has 3 rings (SSSR count). The SMILES string of the molecule is CCN(C(=S)NC(=O)c1cc(Br)ccc1OCCc1ccccc1)c1ccccc1. The number of hydrogen-bond donors (Lipinski definition) is 1. The Balaban J connectivity index is 1.70. The summed E-state index contributed by atoms with van der Waals surface area (Å²) in [5, 5.41) is 3.19. The lowest BCUT2D eigenvalue weighted by Gasteiger charge is -2.24. The van der Waals surface area contributed by atoms with Crippen LogP contribution in [0.15, 0.2) is 83.3 Å². The summed E-state index contributed by atoms with van der Waals surface area (Å²) in [5.74, 6) is 0.225. The first-order chi connectivity index (χ1) is 14.6. The molecule has 0 spiro atoms. The van der Waals surface area contributed by atoms with Crippen molar-refractivity contribution in [1.29, 1.82) is 0 Å². The summed E-state index contributed by atoms with van der Waals surface area (Å²) in [6.45, 7) is 3.10. The van der Waals surface area contributed by atoms with Crippen LogP contribution >= 0.6 is 28.1 Å². The first-order valence-electron chi connectivity index (χ1n) is 9.72. The number of carbonyl (C=O) groups excluding carboxylic acids is 1. The Morgan fingerprint density at radius 3 is 2.37 bits per heavy atom. The molecule has 0 aliphatic carbocycles. The minimum atomic E-state index is -0.301. The quantitative estimate of drug-likeness (QED) is 0.444. The van der Waals surface area contributed by atoms with E-state index in [1.807, 2.05) is 66.4 Å². The fraction of sp³-hybridized carbons (Fsp3) is 0.167. The third kappa shape index (κ3) is 5.90. The summed E-state index contributed by atoms with van der Waals surface area (Å²) < 4.78 is 6.73. The highest BCUT2D eigenvalue weighted by molar-refractivity contribution is 9.10. The van der Waals surface area contributed by atoms with Crippen LogP contribution < -0.4 is 15.0 Å². The molecular formula is C24H23BrN2O2S. The van der Waals surface area contributed by atoms with Gasteiger partial charge in [0.2, 0.25) is 0 Å². The van der Waals surface area contributed by atoms with Gasteiger partial charge in [-0.1, -0.05) is 64.5 Å². The number of nitrogens with zero attached hydrogens (tertiary/aromatic N) is 1. The number of thiocarbonyl (C=S) groups is 1. The van der Waals surface area contributed by atoms with Crippen LogP contribution in [-0.4, -0.2) is 24.2 Å². The van der Waals surface area contributed by atoms with Gasteiger partial charge in [-0.25, -0.2) is 0 Å². The number of benzene rings is 3. The molecule has 0 bridgehead atoms. The average Bonchev–Trinajstić information content (AvgIpc) is 2.76. The molecule has 3 aromatic rings. The number of amides is 1. The Labute approximate surface area is 191 Å². The Hall–Kier alpha value is -2.70. The van der Waals surface area contributed by atoms with Gasteiger partial charge in [0.25, 0.3) is 5.91 Å². The number of ether oxygens (including phenoxy) is 1. The molecular weight excluding hydrogens is 460 g/mol. The van der Waals surface area contributed by atoms with Gasteiger partial charge in [-0.15, -0.1) is 0 Å². The summed E-state index contributed by atoms with van der Waals surface area (Å²) >= 11 is 8.94. The number of anilines is 1. The second-order valence-electron chi connectivity index (χ2n) is 6.56. The van der Waals surface area contributed by atoms with Crippen LogP contribution in [0.5, 0.6) is 5.75 Å². The Morgan fingerprint density at radius 2 is 1.70 bits per heavy atom. The molecule has 0 radical (unpaired) electrons. The molecule has 6 heteroatoms. The van der Waals surface area contributed by atoms with Gasteiger partial charge in [0.15, 0.2) is 5.11 Å². The molecule has 0 heterocycles. The predicted molar refractivity (Wildman–Crippen MR) is 129 cm³/mol. The average molecular weight is 483 g/mol. The molecule has 1 N–H and O–H groups in total. The maximum atomic E-state index is 13.0. The number of hydrogen-bond acceptors (Lipinski definition) is 3. The van der Waals surface area contributed by atoms with Crippen LogP contribution in [0.3, 0.4) is 0 Å². The van der Waals surface area contributed by atoms with Gasteiger partial charge < -0.3 is 9.64 Å². The Kier molecular flexibility index (Phi) is 7.99. The maximum Gasteiger partial charge on any atom is 0.261 e. The van der Waals surface area contributed by atoms with Crippen molar-refractivity contribution in [2.75, 3.05) is 18.1 Å². The molecule has 1 amide bonds. The molecule has 0 fully saturated rings. The van der Waals surface area contributed by atoms with E-state index in [1.54, 1.807) is 12.1 Å². The number of halogens is 1. The summed E-state index contributed by atoms with van der Waals surface area (Å²) in [6.07, 6.45) is 0.758. The molecule has 0 aliphatic heterocycles. The third-order valence-corrected chi connectivity index (χ3v) is 5.34. The Morgan fingerprint density at radius 1 is 1.03 bits per heavy atom. The second kappa shape index (κ2) is 10.9. The fourth-order valence-corrected chi connectivity index (χ4v) is 3.70. The summed E-state index contributed by atoms with van der Waals surface area (Å²) in [7, 11) is 0. The van der Waals surface area contributed by atoms with Crippen molar-refractivity contribution in [2.45, 2.75) is 13.3 Å². The number of rotatable bonds is 7. The molecule has 0 saturated carbocycles. The van der Waals surface area contributed by atoms with Crippen LogP contribution in [0.1, 0.15) is 22.8 Å². The highest BCUT2D eigenvalue weighted by Crippen LogP contribution is 2.24. The van der Waals surface area contributed by atoms with E-state index < -0.39 is 0 Å². The van der Waals surface area contributed by atoms with Gasteiger partial charge in [0, 0.05) is 23.1 Å². The third-order valence-electron chi connectivity index (χ3n) is 4.53. The van der Waals surface area contributed by atoms with Crippen LogP contribution in [0, 0.1) is 0 Å². The molecule has 0 aliphatic rings.